The van der Waals surface area contributed by atoms with Gasteiger partial charge in [-0.3, -0.25) is 9.59 Å². The molecule has 2 rings (SSSR count). The summed E-state index contributed by atoms with van der Waals surface area (Å²) in [6, 6.07) is 14.7. The lowest BCUT2D eigenvalue weighted by Crippen LogP contribution is -2.25. The van der Waals surface area contributed by atoms with Gasteiger partial charge in [0.25, 0.3) is 5.91 Å². The van der Waals surface area contributed by atoms with Crippen LogP contribution in [-0.4, -0.2) is 24.9 Å². The maximum atomic E-state index is 12.1. The van der Waals surface area contributed by atoms with Gasteiger partial charge in [0, 0.05) is 27.1 Å². The molecule has 2 amide bonds. The minimum atomic E-state index is -0.140. The summed E-state index contributed by atoms with van der Waals surface area (Å²) in [5.41, 5.74) is 2.08. The zero-order valence-electron chi connectivity index (χ0n) is 14.1. The number of unbranched alkanes of at least 4 members (excludes halogenated alkanes) is 1. The molecule has 0 aliphatic carbocycles. The first-order chi connectivity index (χ1) is 12.1. The van der Waals surface area contributed by atoms with E-state index >= 15 is 0 Å². The van der Waals surface area contributed by atoms with Gasteiger partial charge in [0.15, 0.2) is 0 Å². The van der Waals surface area contributed by atoms with Gasteiger partial charge in [-0.2, -0.15) is 0 Å². The molecule has 0 aliphatic rings. The van der Waals surface area contributed by atoms with Crippen molar-refractivity contribution in [1.29, 1.82) is 0 Å². The lowest BCUT2D eigenvalue weighted by molar-refractivity contribution is -0.114. The van der Waals surface area contributed by atoms with Crippen molar-refractivity contribution >= 4 is 45.8 Å². The Morgan fingerprint density at radius 3 is 2.52 bits per heavy atom. The van der Waals surface area contributed by atoms with Gasteiger partial charge in [-0.05, 0) is 71.5 Å². The minimum absolute atomic E-state index is 0.0968. The summed E-state index contributed by atoms with van der Waals surface area (Å²) in [7, 11) is 0. The predicted octanol–water partition coefficient (Wildman–Crippen LogP) is 3.87. The number of amides is 2. The van der Waals surface area contributed by atoms with Crippen molar-refractivity contribution in [2.24, 2.45) is 0 Å². The van der Waals surface area contributed by atoms with E-state index in [1.54, 1.807) is 18.2 Å². The van der Waals surface area contributed by atoms with E-state index in [1.807, 2.05) is 30.3 Å². The zero-order chi connectivity index (χ0) is 18.1. The summed E-state index contributed by atoms with van der Waals surface area (Å²) in [4.78, 5) is 24.1. The van der Waals surface area contributed by atoms with Gasteiger partial charge in [-0.25, -0.2) is 0 Å². The first-order valence-electron chi connectivity index (χ1n) is 8.26. The molecule has 6 heteroatoms. The van der Waals surface area contributed by atoms with E-state index in [1.165, 1.54) is 0 Å². The highest BCUT2D eigenvalue weighted by molar-refractivity contribution is 14.1. The van der Waals surface area contributed by atoms with Crippen LogP contribution in [0.5, 0.6) is 0 Å². The summed E-state index contributed by atoms with van der Waals surface area (Å²) in [5, 5.41) is 8.75. The lowest BCUT2D eigenvalue weighted by atomic mass is 10.2. The van der Waals surface area contributed by atoms with E-state index in [4.69, 9.17) is 0 Å². The summed E-state index contributed by atoms with van der Waals surface area (Å²) in [5.74, 6) is -0.237. The maximum absolute atomic E-state index is 12.1. The first kappa shape index (κ1) is 19.2. The molecule has 0 aromatic heterocycles. The number of benzene rings is 2. The van der Waals surface area contributed by atoms with Gasteiger partial charge in [-0.15, -0.1) is 0 Å². The fourth-order valence-electron chi connectivity index (χ4n) is 2.17. The second-order valence-corrected chi connectivity index (χ2v) is 6.84. The molecule has 0 spiro atoms. The third-order valence-electron chi connectivity index (χ3n) is 3.52. The van der Waals surface area contributed by atoms with Crippen LogP contribution in [0.15, 0.2) is 48.5 Å². The molecule has 2 aromatic rings. The first-order valence-corrected chi connectivity index (χ1v) is 9.34. The Labute approximate surface area is 161 Å². The minimum Gasteiger partial charge on any atom is -0.376 e. The molecule has 0 unspecified atom stereocenters. The van der Waals surface area contributed by atoms with Gasteiger partial charge in [0.2, 0.25) is 5.91 Å². The van der Waals surface area contributed by atoms with Crippen molar-refractivity contribution in [1.82, 2.24) is 5.32 Å². The normalized spacial score (nSPS) is 10.2. The number of hydrogen-bond acceptors (Lipinski definition) is 3. The van der Waals surface area contributed by atoms with Crippen molar-refractivity contribution in [2.45, 2.75) is 19.8 Å². The van der Waals surface area contributed by atoms with Crippen molar-refractivity contribution in [2.75, 3.05) is 23.7 Å². The van der Waals surface area contributed by atoms with E-state index < -0.39 is 0 Å². The Kier molecular flexibility index (Phi) is 7.72. The topological polar surface area (TPSA) is 70.2 Å². The summed E-state index contributed by atoms with van der Waals surface area (Å²) in [6.07, 6.45) is 2.00. The number of carbonyl (C=O) groups excluding carboxylic acids is 2. The molecular weight excluding hydrogens is 429 g/mol. The molecule has 0 heterocycles. The molecule has 132 valence electrons. The van der Waals surface area contributed by atoms with Crippen molar-refractivity contribution in [3.8, 4) is 0 Å². The number of halogens is 1. The predicted molar refractivity (Wildman–Crippen MR) is 110 cm³/mol. The highest BCUT2D eigenvalue weighted by Gasteiger charge is 2.07. The molecule has 0 saturated heterocycles. The van der Waals surface area contributed by atoms with E-state index in [0.717, 1.165) is 27.8 Å². The van der Waals surface area contributed by atoms with Crippen molar-refractivity contribution < 1.29 is 9.59 Å². The van der Waals surface area contributed by atoms with Crippen LogP contribution in [-0.2, 0) is 4.79 Å². The number of anilines is 2. The Morgan fingerprint density at radius 2 is 1.80 bits per heavy atom. The monoisotopic (exact) mass is 451 g/mol. The Balaban J connectivity index is 1.85. The van der Waals surface area contributed by atoms with E-state index in [9.17, 15) is 9.59 Å². The third-order valence-corrected chi connectivity index (χ3v) is 4.24. The van der Waals surface area contributed by atoms with Gasteiger partial charge < -0.3 is 16.0 Å². The molecule has 0 radical (unpaired) electrons. The average Bonchev–Trinajstić information content (AvgIpc) is 2.62. The van der Waals surface area contributed by atoms with Crippen LogP contribution in [0.3, 0.4) is 0 Å². The smallest absolute Gasteiger partial charge is 0.251 e. The fraction of sp³-hybridized carbons (Fsp3) is 0.263. The second kappa shape index (κ2) is 10.0. The number of rotatable bonds is 8. The van der Waals surface area contributed by atoms with Crippen LogP contribution in [0, 0.1) is 3.57 Å². The van der Waals surface area contributed by atoms with Crippen molar-refractivity contribution in [3.05, 3.63) is 57.7 Å². The summed E-state index contributed by atoms with van der Waals surface area (Å²) >= 11 is 2.22. The molecule has 2 aromatic carbocycles. The van der Waals surface area contributed by atoms with E-state index in [0.29, 0.717) is 12.1 Å². The molecule has 3 N–H and O–H groups in total. The van der Waals surface area contributed by atoms with Crippen LogP contribution >= 0.6 is 22.6 Å². The maximum Gasteiger partial charge on any atom is 0.251 e. The molecule has 25 heavy (non-hydrogen) atoms. The van der Waals surface area contributed by atoms with Gasteiger partial charge >= 0.3 is 0 Å². The Hall–Kier alpha value is -2.09. The molecule has 0 aliphatic heterocycles. The fourth-order valence-corrected chi connectivity index (χ4v) is 2.53. The summed E-state index contributed by atoms with van der Waals surface area (Å²) in [6.45, 7) is 2.89. The number of hydrogen-bond donors (Lipinski definition) is 3. The molecule has 0 atom stereocenters. The van der Waals surface area contributed by atoms with Crippen LogP contribution in [0.1, 0.15) is 30.1 Å². The van der Waals surface area contributed by atoms with Crippen LogP contribution in [0.4, 0.5) is 11.4 Å². The van der Waals surface area contributed by atoms with Crippen LogP contribution in [0.25, 0.3) is 0 Å². The van der Waals surface area contributed by atoms with Crippen LogP contribution < -0.4 is 16.0 Å². The van der Waals surface area contributed by atoms with Crippen molar-refractivity contribution in [3.63, 3.8) is 0 Å². The Bertz CT molecular complexity index is 717. The molecule has 0 fully saturated rings. The molecule has 5 nitrogen and oxygen atoms in total. The van der Waals surface area contributed by atoms with Gasteiger partial charge in [0.1, 0.15) is 0 Å². The highest BCUT2D eigenvalue weighted by atomic mass is 127. The molecular formula is C19H22IN3O2. The Morgan fingerprint density at radius 1 is 1.04 bits per heavy atom. The van der Waals surface area contributed by atoms with Crippen LogP contribution in [0.2, 0.25) is 0 Å². The standard InChI is InChI=1S/C19H22IN3O2/c1-2-3-11-21-19(25)14-5-4-6-17(12-14)22-13-18(24)23-16-9-7-15(20)8-10-16/h4-10,12,22H,2-3,11,13H2,1H3,(H,21,25)(H,23,24). The second-order valence-electron chi connectivity index (χ2n) is 5.60. The SMILES string of the molecule is CCCCNC(=O)c1cccc(NCC(=O)Nc2ccc(I)cc2)c1. The highest BCUT2D eigenvalue weighted by Crippen LogP contribution is 2.12. The van der Waals surface area contributed by atoms with Gasteiger partial charge in [-0.1, -0.05) is 19.4 Å². The zero-order valence-corrected chi connectivity index (χ0v) is 16.3. The quantitative estimate of drug-likeness (QED) is 0.422. The van der Waals surface area contributed by atoms with Gasteiger partial charge in [0.05, 0.1) is 6.54 Å². The van der Waals surface area contributed by atoms with E-state index in [2.05, 4.69) is 45.5 Å². The summed E-state index contributed by atoms with van der Waals surface area (Å²) < 4.78 is 1.11. The average molecular weight is 451 g/mol. The largest absolute Gasteiger partial charge is 0.376 e. The lowest BCUT2D eigenvalue weighted by Gasteiger charge is -2.10. The van der Waals surface area contributed by atoms with E-state index in [-0.39, 0.29) is 18.4 Å². The molecule has 0 saturated carbocycles. The number of nitrogens with one attached hydrogen (secondary N) is 3. The number of carbonyl (C=O) groups is 2. The third kappa shape index (κ3) is 6.74. The molecule has 0 bridgehead atoms.